The van der Waals surface area contributed by atoms with Crippen molar-refractivity contribution >= 4 is 15.9 Å². The number of ether oxygens (including phenoxy) is 1. The lowest BCUT2D eigenvalue weighted by Crippen LogP contribution is -2.53. The highest BCUT2D eigenvalue weighted by molar-refractivity contribution is 7.88. The van der Waals surface area contributed by atoms with Crippen LogP contribution in [0.1, 0.15) is 19.3 Å². The minimum atomic E-state index is -3.24. The first-order valence-corrected chi connectivity index (χ1v) is 8.86. The second-order valence-electron chi connectivity index (χ2n) is 5.61. The molecule has 2 aliphatic heterocycles. The molecule has 0 aromatic rings. The van der Waals surface area contributed by atoms with Crippen LogP contribution in [0.5, 0.6) is 0 Å². The van der Waals surface area contributed by atoms with Crippen molar-refractivity contribution in [1.82, 2.24) is 9.62 Å². The summed E-state index contributed by atoms with van der Waals surface area (Å²) in [6.07, 6.45) is 3.90. The van der Waals surface area contributed by atoms with E-state index in [9.17, 15) is 13.2 Å². The Morgan fingerprint density at radius 1 is 1.40 bits per heavy atom. The Morgan fingerprint density at radius 2 is 2.15 bits per heavy atom. The number of rotatable bonds is 4. The molecule has 3 unspecified atom stereocenters. The number of nitrogens with two attached hydrogens (primary N) is 1. The summed E-state index contributed by atoms with van der Waals surface area (Å²) < 4.78 is 30.1. The first kappa shape index (κ1) is 15.7. The van der Waals surface area contributed by atoms with E-state index in [1.807, 2.05) is 0 Å². The second-order valence-corrected chi connectivity index (χ2v) is 7.44. The van der Waals surface area contributed by atoms with Gasteiger partial charge in [-0.3, -0.25) is 4.79 Å². The van der Waals surface area contributed by atoms with Gasteiger partial charge >= 0.3 is 0 Å². The molecule has 0 radical (unpaired) electrons. The van der Waals surface area contributed by atoms with Crippen molar-refractivity contribution in [2.45, 2.75) is 31.3 Å². The third-order valence-electron chi connectivity index (χ3n) is 3.93. The van der Waals surface area contributed by atoms with E-state index in [2.05, 4.69) is 4.72 Å². The molecule has 3 atom stereocenters. The maximum absolute atomic E-state index is 12.5. The molecule has 7 nitrogen and oxygen atoms in total. The molecule has 0 aromatic carbocycles. The third kappa shape index (κ3) is 3.91. The average molecular weight is 305 g/mol. The van der Waals surface area contributed by atoms with Gasteiger partial charge in [-0.05, 0) is 19.3 Å². The molecule has 0 bridgehead atoms. The van der Waals surface area contributed by atoms with E-state index in [0.29, 0.717) is 19.8 Å². The first-order valence-electron chi connectivity index (χ1n) is 6.97. The average Bonchev–Trinajstić information content (AvgIpc) is 2.81. The van der Waals surface area contributed by atoms with Crippen molar-refractivity contribution in [3.63, 3.8) is 0 Å². The van der Waals surface area contributed by atoms with Crippen LogP contribution in [0.2, 0.25) is 0 Å². The molecule has 116 valence electrons. The van der Waals surface area contributed by atoms with Gasteiger partial charge in [-0.15, -0.1) is 0 Å². The Bertz CT molecular complexity index is 454. The maximum atomic E-state index is 12.5. The second kappa shape index (κ2) is 6.38. The number of sulfonamides is 1. The lowest BCUT2D eigenvalue weighted by Gasteiger charge is -2.37. The molecule has 0 saturated carbocycles. The number of likely N-dealkylation sites (tertiary alicyclic amines) is 1. The van der Waals surface area contributed by atoms with Crippen LogP contribution in [0.3, 0.4) is 0 Å². The van der Waals surface area contributed by atoms with Gasteiger partial charge in [-0.25, -0.2) is 13.1 Å². The van der Waals surface area contributed by atoms with E-state index in [4.69, 9.17) is 10.5 Å². The molecule has 2 rings (SSSR count). The molecule has 0 aromatic heterocycles. The summed E-state index contributed by atoms with van der Waals surface area (Å²) in [6, 6.07) is -0.341. The smallest absolute Gasteiger partial charge is 0.229 e. The first-order chi connectivity index (χ1) is 9.38. The molecule has 2 fully saturated rings. The molecular formula is C12H23N3O4S. The largest absolute Gasteiger partial charge is 0.379 e. The summed E-state index contributed by atoms with van der Waals surface area (Å²) >= 11 is 0. The van der Waals surface area contributed by atoms with E-state index < -0.39 is 10.0 Å². The van der Waals surface area contributed by atoms with E-state index in [1.165, 1.54) is 0 Å². The quantitative estimate of drug-likeness (QED) is 0.686. The summed E-state index contributed by atoms with van der Waals surface area (Å²) in [5.41, 5.74) is 5.89. The Balaban J connectivity index is 2.00. The molecular weight excluding hydrogens is 282 g/mol. The van der Waals surface area contributed by atoms with Gasteiger partial charge in [0.15, 0.2) is 0 Å². The molecule has 1 amide bonds. The summed E-state index contributed by atoms with van der Waals surface area (Å²) in [5.74, 6) is -0.302. The van der Waals surface area contributed by atoms with E-state index in [-0.39, 0.29) is 30.5 Å². The number of hydrogen-bond donors (Lipinski definition) is 2. The number of nitrogens with zero attached hydrogens (tertiary/aromatic N) is 1. The number of hydrogen-bond acceptors (Lipinski definition) is 5. The van der Waals surface area contributed by atoms with Crippen LogP contribution in [0.4, 0.5) is 0 Å². The Hall–Kier alpha value is -0.700. The van der Waals surface area contributed by atoms with Crippen LogP contribution in [-0.2, 0) is 19.6 Å². The number of nitrogens with one attached hydrogen (secondary N) is 1. The molecule has 3 N–H and O–H groups in total. The van der Waals surface area contributed by atoms with Gasteiger partial charge < -0.3 is 15.4 Å². The van der Waals surface area contributed by atoms with Crippen LogP contribution in [0, 0.1) is 5.92 Å². The molecule has 8 heteroatoms. The third-order valence-corrected chi connectivity index (χ3v) is 4.62. The Kier molecular flexibility index (Phi) is 5.00. The van der Waals surface area contributed by atoms with Crippen LogP contribution >= 0.6 is 0 Å². The fourth-order valence-electron chi connectivity index (χ4n) is 2.79. The van der Waals surface area contributed by atoms with Crippen molar-refractivity contribution in [1.29, 1.82) is 0 Å². The van der Waals surface area contributed by atoms with Crippen LogP contribution in [0.25, 0.3) is 0 Å². The molecule has 2 heterocycles. The standard InChI is InChI=1S/C12H23N3O4S/c1-20(17,18)14-6-9-4-2-3-5-15(9)12(16)10-7-19-8-11(10)13/h9-11,14H,2-8,13H2,1H3. The monoisotopic (exact) mass is 305 g/mol. The summed E-state index contributed by atoms with van der Waals surface area (Å²) in [7, 11) is -3.24. The van der Waals surface area contributed by atoms with Crippen molar-refractivity contribution in [3.8, 4) is 0 Å². The van der Waals surface area contributed by atoms with Crippen molar-refractivity contribution in [2.24, 2.45) is 11.7 Å². The molecule has 0 aliphatic carbocycles. The zero-order chi connectivity index (χ0) is 14.8. The van der Waals surface area contributed by atoms with Gasteiger partial charge in [0.25, 0.3) is 0 Å². The molecule has 2 aliphatic rings. The minimum absolute atomic E-state index is 0.00463. The SMILES string of the molecule is CS(=O)(=O)NCC1CCCCN1C(=O)C1COCC1N. The lowest BCUT2D eigenvalue weighted by molar-refractivity contribution is -0.139. The summed E-state index contributed by atoms with van der Waals surface area (Å²) in [6.45, 7) is 1.71. The molecule has 20 heavy (non-hydrogen) atoms. The van der Waals surface area contributed by atoms with Crippen LogP contribution < -0.4 is 10.5 Å². The molecule has 2 saturated heterocycles. The maximum Gasteiger partial charge on any atom is 0.229 e. The zero-order valence-corrected chi connectivity index (χ0v) is 12.6. The van der Waals surface area contributed by atoms with E-state index in [0.717, 1.165) is 25.5 Å². The van der Waals surface area contributed by atoms with Gasteiger partial charge in [-0.2, -0.15) is 0 Å². The van der Waals surface area contributed by atoms with E-state index in [1.54, 1.807) is 4.90 Å². The Morgan fingerprint density at radius 3 is 2.75 bits per heavy atom. The fraction of sp³-hybridized carbons (Fsp3) is 0.917. The van der Waals surface area contributed by atoms with Crippen molar-refractivity contribution in [3.05, 3.63) is 0 Å². The van der Waals surface area contributed by atoms with Gasteiger partial charge in [0.05, 0.1) is 25.4 Å². The summed E-state index contributed by atoms with van der Waals surface area (Å²) in [5, 5.41) is 0. The summed E-state index contributed by atoms with van der Waals surface area (Å²) in [4.78, 5) is 14.3. The zero-order valence-electron chi connectivity index (χ0n) is 11.7. The fourth-order valence-corrected chi connectivity index (χ4v) is 3.28. The van der Waals surface area contributed by atoms with Crippen molar-refractivity contribution in [2.75, 3.05) is 32.6 Å². The highest BCUT2D eigenvalue weighted by atomic mass is 32.2. The van der Waals surface area contributed by atoms with E-state index >= 15 is 0 Å². The van der Waals surface area contributed by atoms with Crippen LogP contribution in [-0.4, -0.2) is 63.9 Å². The predicted octanol–water partition coefficient (Wildman–Crippen LogP) is -1.11. The van der Waals surface area contributed by atoms with Crippen molar-refractivity contribution < 1.29 is 17.9 Å². The number of amides is 1. The number of piperidine rings is 1. The normalized spacial score (nSPS) is 31.5. The molecule has 0 spiro atoms. The van der Waals surface area contributed by atoms with Gasteiger partial charge in [0, 0.05) is 25.2 Å². The lowest BCUT2D eigenvalue weighted by atomic mass is 9.97. The number of carbonyl (C=O) groups excluding carboxylic acids is 1. The van der Waals surface area contributed by atoms with Gasteiger partial charge in [0.2, 0.25) is 15.9 Å². The minimum Gasteiger partial charge on any atom is -0.379 e. The van der Waals surface area contributed by atoms with Gasteiger partial charge in [-0.1, -0.05) is 0 Å². The predicted molar refractivity (Wildman–Crippen MR) is 74.5 cm³/mol. The highest BCUT2D eigenvalue weighted by Crippen LogP contribution is 2.22. The van der Waals surface area contributed by atoms with Crippen LogP contribution in [0.15, 0.2) is 0 Å². The Labute approximate surface area is 119 Å². The highest BCUT2D eigenvalue weighted by Gasteiger charge is 2.37. The topological polar surface area (TPSA) is 102 Å². The van der Waals surface area contributed by atoms with Gasteiger partial charge in [0.1, 0.15) is 0 Å². The number of carbonyl (C=O) groups is 1.